The summed E-state index contributed by atoms with van der Waals surface area (Å²) in [6.07, 6.45) is 2.62. The molecule has 20 heavy (non-hydrogen) atoms. The number of benzene rings is 1. The minimum absolute atomic E-state index is 0.150. The maximum absolute atomic E-state index is 12.1. The lowest BCUT2D eigenvalue weighted by Gasteiger charge is -2.21. The second-order valence-electron chi connectivity index (χ2n) is 5.23. The van der Waals surface area contributed by atoms with Crippen molar-refractivity contribution in [1.29, 1.82) is 0 Å². The Balaban J connectivity index is 1.88. The maximum Gasteiger partial charge on any atom is 0.281 e. The molecule has 6 nitrogen and oxygen atoms in total. The number of imidazole rings is 1. The van der Waals surface area contributed by atoms with Crippen LogP contribution in [0.4, 0.5) is 0 Å². The van der Waals surface area contributed by atoms with Gasteiger partial charge in [-0.2, -0.15) is 17.0 Å². The molecule has 108 valence electrons. The third-order valence-electron chi connectivity index (χ3n) is 3.79. The highest BCUT2D eigenvalue weighted by Crippen LogP contribution is 2.27. The van der Waals surface area contributed by atoms with Gasteiger partial charge in [0.15, 0.2) is 0 Å². The van der Waals surface area contributed by atoms with Crippen LogP contribution in [0.3, 0.4) is 0 Å². The first-order valence-electron chi connectivity index (χ1n) is 6.59. The molecule has 2 aromatic rings. The molecule has 0 radical (unpaired) electrons. The molecule has 1 aromatic carbocycles. The van der Waals surface area contributed by atoms with Gasteiger partial charge in [-0.3, -0.25) is 0 Å². The zero-order chi connectivity index (χ0) is 14.3. The van der Waals surface area contributed by atoms with Crippen molar-refractivity contribution in [2.45, 2.75) is 12.5 Å². The van der Waals surface area contributed by atoms with E-state index in [1.54, 1.807) is 20.4 Å². The van der Waals surface area contributed by atoms with Crippen molar-refractivity contribution >= 4 is 21.2 Å². The number of hydrogen-bond donors (Lipinski definition) is 0. The Morgan fingerprint density at radius 1 is 1.30 bits per heavy atom. The second kappa shape index (κ2) is 4.83. The van der Waals surface area contributed by atoms with Gasteiger partial charge in [-0.15, -0.1) is 0 Å². The molecule has 1 fully saturated rings. The van der Waals surface area contributed by atoms with E-state index in [4.69, 9.17) is 0 Å². The van der Waals surface area contributed by atoms with Crippen LogP contribution < -0.4 is 0 Å². The molecular formula is C13H18N4O2S. The zero-order valence-electron chi connectivity index (χ0n) is 11.6. The Labute approximate surface area is 118 Å². The Morgan fingerprint density at radius 3 is 2.80 bits per heavy atom. The van der Waals surface area contributed by atoms with Crippen molar-refractivity contribution in [3.05, 3.63) is 30.6 Å². The van der Waals surface area contributed by atoms with Gasteiger partial charge in [-0.1, -0.05) is 12.1 Å². The third-order valence-corrected chi connectivity index (χ3v) is 5.70. The van der Waals surface area contributed by atoms with Gasteiger partial charge in [-0.05, 0) is 18.6 Å². The summed E-state index contributed by atoms with van der Waals surface area (Å²) in [6.45, 7) is 1.05. The van der Waals surface area contributed by atoms with E-state index < -0.39 is 10.2 Å². The van der Waals surface area contributed by atoms with Gasteiger partial charge in [0, 0.05) is 27.2 Å². The van der Waals surface area contributed by atoms with Crippen LogP contribution in [0.25, 0.3) is 11.0 Å². The van der Waals surface area contributed by atoms with E-state index in [2.05, 4.69) is 9.55 Å². The van der Waals surface area contributed by atoms with Crippen LogP contribution in [0.1, 0.15) is 12.5 Å². The summed E-state index contributed by atoms with van der Waals surface area (Å²) in [4.78, 5) is 4.37. The molecule has 1 saturated heterocycles. The normalized spacial score (nSPS) is 21.1. The first kappa shape index (κ1) is 13.5. The van der Waals surface area contributed by atoms with Crippen LogP contribution in [0, 0.1) is 0 Å². The van der Waals surface area contributed by atoms with E-state index in [0.29, 0.717) is 13.1 Å². The van der Waals surface area contributed by atoms with E-state index in [1.807, 2.05) is 24.3 Å². The lowest BCUT2D eigenvalue weighted by molar-refractivity contribution is 0.409. The van der Waals surface area contributed by atoms with Gasteiger partial charge in [0.2, 0.25) is 0 Å². The molecule has 0 amide bonds. The topological polar surface area (TPSA) is 58.4 Å². The fraction of sp³-hybridized carbons (Fsp3) is 0.462. The van der Waals surface area contributed by atoms with Crippen molar-refractivity contribution in [2.75, 3.05) is 27.2 Å². The minimum Gasteiger partial charge on any atom is -0.326 e. The molecule has 0 bridgehead atoms. The number of hydrogen-bond acceptors (Lipinski definition) is 3. The van der Waals surface area contributed by atoms with Crippen LogP contribution in [0.2, 0.25) is 0 Å². The molecule has 0 N–H and O–H groups in total. The standard InChI is InChI=1S/C13H18N4O2S/c1-15(2)20(18,19)16-8-7-11(9-16)17-10-14-12-5-3-4-6-13(12)17/h3-6,10-11H,7-9H2,1-2H3. The molecule has 0 saturated carbocycles. The number of nitrogens with zero attached hydrogens (tertiary/aromatic N) is 4. The molecule has 0 spiro atoms. The van der Waals surface area contributed by atoms with E-state index in [1.165, 1.54) is 8.61 Å². The molecule has 7 heteroatoms. The first-order valence-corrected chi connectivity index (χ1v) is 7.99. The summed E-state index contributed by atoms with van der Waals surface area (Å²) in [5.74, 6) is 0. The monoisotopic (exact) mass is 294 g/mol. The highest BCUT2D eigenvalue weighted by Gasteiger charge is 2.33. The van der Waals surface area contributed by atoms with Gasteiger partial charge in [0.05, 0.1) is 23.4 Å². The summed E-state index contributed by atoms with van der Waals surface area (Å²) >= 11 is 0. The second-order valence-corrected chi connectivity index (χ2v) is 7.37. The SMILES string of the molecule is CN(C)S(=O)(=O)N1CCC(n2cnc3ccccc32)C1. The van der Waals surface area contributed by atoms with Crippen LogP contribution in [-0.4, -0.2) is 53.8 Å². The van der Waals surface area contributed by atoms with Crippen LogP contribution in [0.5, 0.6) is 0 Å². The van der Waals surface area contributed by atoms with Crippen molar-refractivity contribution in [3.8, 4) is 0 Å². The quantitative estimate of drug-likeness (QED) is 0.851. The Bertz CT molecular complexity index is 723. The Morgan fingerprint density at radius 2 is 2.05 bits per heavy atom. The van der Waals surface area contributed by atoms with Gasteiger partial charge in [-0.25, -0.2) is 4.98 Å². The van der Waals surface area contributed by atoms with Gasteiger partial charge in [0.1, 0.15) is 0 Å². The molecule has 1 aliphatic rings. The summed E-state index contributed by atoms with van der Waals surface area (Å²) in [6, 6.07) is 8.07. The number of aromatic nitrogens is 2. The molecular weight excluding hydrogens is 276 g/mol. The van der Waals surface area contributed by atoms with E-state index in [-0.39, 0.29) is 6.04 Å². The van der Waals surface area contributed by atoms with Gasteiger partial charge < -0.3 is 4.57 Å². The first-order chi connectivity index (χ1) is 9.50. The Hall–Kier alpha value is -1.44. The molecule has 1 aliphatic heterocycles. The smallest absolute Gasteiger partial charge is 0.281 e. The summed E-state index contributed by atoms with van der Waals surface area (Å²) in [5.41, 5.74) is 2.00. The van der Waals surface area contributed by atoms with Gasteiger partial charge >= 0.3 is 0 Å². The fourth-order valence-corrected chi connectivity index (χ4v) is 3.81. The maximum atomic E-state index is 12.1. The molecule has 0 aliphatic carbocycles. The van der Waals surface area contributed by atoms with E-state index in [9.17, 15) is 8.42 Å². The van der Waals surface area contributed by atoms with Crippen LogP contribution in [-0.2, 0) is 10.2 Å². The van der Waals surface area contributed by atoms with Crippen LogP contribution >= 0.6 is 0 Å². The average Bonchev–Trinajstić information content (AvgIpc) is 3.04. The van der Waals surface area contributed by atoms with Crippen molar-refractivity contribution < 1.29 is 8.42 Å². The largest absolute Gasteiger partial charge is 0.326 e. The minimum atomic E-state index is -3.32. The zero-order valence-corrected chi connectivity index (χ0v) is 12.4. The Kier molecular flexibility index (Phi) is 3.27. The van der Waals surface area contributed by atoms with Crippen LogP contribution in [0.15, 0.2) is 30.6 Å². The predicted octanol–water partition coefficient (Wildman–Crippen LogP) is 1.09. The highest BCUT2D eigenvalue weighted by molar-refractivity contribution is 7.86. The van der Waals surface area contributed by atoms with E-state index >= 15 is 0 Å². The van der Waals surface area contributed by atoms with Crippen molar-refractivity contribution in [2.24, 2.45) is 0 Å². The number of rotatable bonds is 3. The summed E-state index contributed by atoms with van der Waals surface area (Å²) < 4.78 is 29.2. The number of fused-ring (bicyclic) bond motifs is 1. The third kappa shape index (κ3) is 2.11. The van der Waals surface area contributed by atoms with Crippen molar-refractivity contribution in [3.63, 3.8) is 0 Å². The molecule has 3 rings (SSSR count). The molecule has 1 atom stereocenters. The molecule has 2 heterocycles. The molecule has 1 aromatic heterocycles. The summed E-state index contributed by atoms with van der Waals surface area (Å²) in [7, 11) is -0.191. The fourth-order valence-electron chi connectivity index (χ4n) is 2.65. The summed E-state index contributed by atoms with van der Waals surface area (Å²) in [5, 5.41) is 0. The number of para-hydroxylation sites is 2. The van der Waals surface area contributed by atoms with Gasteiger partial charge in [0.25, 0.3) is 10.2 Å². The highest BCUT2D eigenvalue weighted by atomic mass is 32.2. The lowest BCUT2D eigenvalue weighted by Crippen LogP contribution is -2.38. The van der Waals surface area contributed by atoms with Crippen molar-refractivity contribution in [1.82, 2.24) is 18.2 Å². The van der Waals surface area contributed by atoms with E-state index in [0.717, 1.165) is 17.5 Å². The average molecular weight is 294 g/mol. The predicted molar refractivity (Wildman–Crippen MR) is 77.6 cm³/mol. The lowest BCUT2D eigenvalue weighted by atomic mass is 10.2. The molecule has 1 unspecified atom stereocenters.